The number of imidazole rings is 1. The largest absolute Gasteiger partial charge is 0.351 e. The molecule has 1 saturated heterocycles. The van der Waals surface area contributed by atoms with Crippen LogP contribution in [0.2, 0.25) is 0 Å². The zero-order valence-electron chi connectivity index (χ0n) is 18.8. The van der Waals surface area contributed by atoms with Gasteiger partial charge in [0.15, 0.2) is 0 Å². The second-order valence-electron chi connectivity index (χ2n) is 8.71. The normalized spacial score (nSPS) is 14.7. The Morgan fingerprint density at radius 3 is 2.69 bits per heavy atom. The first-order valence-electron chi connectivity index (χ1n) is 11.7. The predicted molar refractivity (Wildman–Crippen MR) is 129 cm³/mol. The SMILES string of the molecule is CC1CCN(C(=O)Cn2c(CCCCCNC(=O)c3cccs3)nc3ccccc32)CC1. The molecule has 2 aromatic heterocycles. The van der Waals surface area contributed by atoms with Gasteiger partial charge in [-0.1, -0.05) is 31.5 Å². The van der Waals surface area contributed by atoms with Crippen molar-refractivity contribution in [3.05, 3.63) is 52.5 Å². The molecule has 3 aromatic rings. The summed E-state index contributed by atoms with van der Waals surface area (Å²) >= 11 is 1.46. The summed E-state index contributed by atoms with van der Waals surface area (Å²) in [5.74, 6) is 1.89. The van der Waals surface area contributed by atoms with Crippen molar-refractivity contribution in [3.63, 3.8) is 0 Å². The van der Waals surface area contributed by atoms with Crippen LogP contribution in [0.25, 0.3) is 11.0 Å². The highest BCUT2D eigenvalue weighted by Crippen LogP contribution is 2.20. The zero-order chi connectivity index (χ0) is 22.3. The molecule has 2 amide bonds. The second kappa shape index (κ2) is 10.8. The number of aryl methyl sites for hydroxylation is 1. The molecule has 1 aliphatic rings. The van der Waals surface area contributed by atoms with Gasteiger partial charge in [0.05, 0.1) is 15.9 Å². The Labute approximate surface area is 193 Å². The van der Waals surface area contributed by atoms with E-state index in [1.807, 2.05) is 40.6 Å². The first-order chi connectivity index (χ1) is 15.6. The van der Waals surface area contributed by atoms with Gasteiger partial charge < -0.3 is 14.8 Å². The number of unbranched alkanes of at least 4 members (excludes halogenated alkanes) is 2. The summed E-state index contributed by atoms with van der Waals surface area (Å²) in [4.78, 5) is 32.6. The number of hydrogen-bond acceptors (Lipinski definition) is 4. The number of para-hydroxylation sites is 2. The molecule has 32 heavy (non-hydrogen) atoms. The lowest BCUT2D eigenvalue weighted by Crippen LogP contribution is -2.39. The number of amides is 2. The Kier molecular flexibility index (Phi) is 7.58. The maximum absolute atomic E-state index is 13.0. The fourth-order valence-corrected chi connectivity index (χ4v) is 4.91. The number of hydrogen-bond donors (Lipinski definition) is 1. The predicted octanol–water partition coefficient (Wildman–Crippen LogP) is 4.50. The molecule has 6 nitrogen and oxygen atoms in total. The van der Waals surface area contributed by atoms with Crippen LogP contribution in [0.1, 0.15) is 54.5 Å². The monoisotopic (exact) mass is 452 g/mol. The van der Waals surface area contributed by atoms with Crippen LogP contribution in [0.15, 0.2) is 41.8 Å². The topological polar surface area (TPSA) is 67.2 Å². The van der Waals surface area contributed by atoms with Crippen LogP contribution in [0.5, 0.6) is 0 Å². The summed E-state index contributed by atoms with van der Waals surface area (Å²) in [6.07, 6.45) is 5.93. The van der Waals surface area contributed by atoms with Gasteiger partial charge in [0.2, 0.25) is 5.91 Å². The van der Waals surface area contributed by atoms with Gasteiger partial charge in [-0.25, -0.2) is 4.98 Å². The van der Waals surface area contributed by atoms with Gasteiger partial charge in [0.25, 0.3) is 5.91 Å². The molecule has 0 bridgehead atoms. The number of rotatable bonds is 9. The molecular weight excluding hydrogens is 420 g/mol. The van der Waals surface area contributed by atoms with E-state index in [0.29, 0.717) is 19.0 Å². The summed E-state index contributed by atoms with van der Waals surface area (Å²) in [5.41, 5.74) is 1.98. The first kappa shape index (κ1) is 22.5. The van der Waals surface area contributed by atoms with Crippen LogP contribution in [0.4, 0.5) is 0 Å². The van der Waals surface area contributed by atoms with Crippen LogP contribution >= 0.6 is 11.3 Å². The van der Waals surface area contributed by atoms with Crippen LogP contribution in [0.3, 0.4) is 0 Å². The van der Waals surface area contributed by atoms with E-state index in [1.165, 1.54) is 11.3 Å². The van der Waals surface area contributed by atoms with Crippen molar-refractivity contribution in [2.24, 2.45) is 5.92 Å². The number of piperidine rings is 1. The van der Waals surface area contributed by atoms with Gasteiger partial charge in [-0.2, -0.15) is 0 Å². The third-order valence-electron chi connectivity index (χ3n) is 6.27. The number of likely N-dealkylation sites (tertiary alicyclic amines) is 1. The molecule has 0 aliphatic carbocycles. The smallest absolute Gasteiger partial charge is 0.261 e. The number of thiophene rings is 1. The molecule has 0 spiro atoms. The van der Waals surface area contributed by atoms with Crippen LogP contribution in [0, 0.1) is 5.92 Å². The van der Waals surface area contributed by atoms with Crippen molar-refractivity contribution < 1.29 is 9.59 Å². The van der Waals surface area contributed by atoms with Gasteiger partial charge in [-0.05, 0) is 55.2 Å². The lowest BCUT2D eigenvalue weighted by atomic mass is 9.99. The molecule has 4 rings (SSSR count). The van der Waals surface area contributed by atoms with Crippen molar-refractivity contribution in [2.75, 3.05) is 19.6 Å². The van der Waals surface area contributed by atoms with Crippen LogP contribution in [-0.4, -0.2) is 45.9 Å². The van der Waals surface area contributed by atoms with Gasteiger partial charge in [-0.3, -0.25) is 9.59 Å². The van der Waals surface area contributed by atoms with E-state index in [2.05, 4.69) is 22.9 Å². The molecule has 1 fully saturated rings. The molecule has 0 unspecified atom stereocenters. The van der Waals surface area contributed by atoms with E-state index < -0.39 is 0 Å². The maximum atomic E-state index is 13.0. The quantitative estimate of drug-likeness (QED) is 0.486. The van der Waals surface area contributed by atoms with E-state index in [-0.39, 0.29) is 11.8 Å². The summed E-state index contributed by atoms with van der Waals surface area (Å²) < 4.78 is 2.11. The molecule has 1 aromatic carbocycles. The van der Waals surface area contributed by atoms with E-state index in [9.17, 15) is 9.59 Å². The standard InChI is InChI=1S/C25H32N4O2S/c1-19-12-15-28(16-13-19)24(30)18-29-21-9-5-4-8-20(21)27-23(29)11-3-2-6-14-26-25(31)22-10-7-17-32-22/h4-5,7-10,17,19H,2-3,6,11-16,18H2,1H3,(H,26,31). The number of nitrogens with zero attached hydrogens (tertiary/aromatic N) is 3. The minimum Gasteiger partial charge on any atom is -0.351 e. The van der Waals surface area contributed by atoms with E-state index in [4.69, 9.17) is 4.98 Å². The highest BCUT2D eigenvalue weighted by molar-refractivity contribution is 7.12. The average Bonchev–Trinajstić information content (AvgIpc) is 3.45. The molecule has 170 valence electrons. The number of fused-ring (bicyclic) bond motifs is 1. The Morgan fingerprint density at radius 2 is 1.91 bits per heavy atom. The minimum absolute atomic E-state index is 0.00686. The Hall–Kier alpha value is -2.67. The highest BCUT2D eigenvalue weighted by Gasteiger charge is 2.22. The van der Waals surface area contributed by atoms with Crippen LogP contribution in [-0.2, 0) is 17.8 Å². The van der Waals surface area contributed by atoms with Crippen molar-refractivity contribution >= 4 is 34.2 Å². The molecule has 3 heterocycles. The third kappa shape index (κ3) is 5.57. The first-order valence-corrected chi connectivity index (χ1v) is 12.5. The molecular formula is C25H32N4O2S. The van der Waals surface area contributed by atoms with E-state index in [0.717, 1.165) is 73.3 Å². The molecule has 0 radical (unpaired) electrons. The average molecular weight is 453 g/mol. The Morgan fingerprint density at radius 1 is 1.09 bits per heavy atom. The third-order valence-corrected chi connectivity index (χ3v) is 7.14. The summed E-state index contributed by atoms with van der Waals surface area (Å²) in [5, 5.41) is 4.90. The Balaban J connectivity index is 1.31. The van der Waals surface area contributed by atoms with Gasteiger partial charge in [-0.15, -0.1) is 11.3 Å². The summed E-state index contributed by atoms with van der Waals surface area (Å²) in [6.45, 7) is 5.02. The van der Waals surface area contributed by atoms with Crippen molar-refractivity contribution in [2.45, 2.75) is 52.0 Å². The number of aromatic nitrogens is 2. The maximum Gasteiger partial charge on any atom is 0.261 e. The zero-order valence-corrected chi connectivity index (χ0v) is 19.6. The fourth-order valence-electron chi connectivity index (χ4n) is 4.27. The van der Waals surface area contributed by atoms with E-state index >= 15 is 0 Å². The van der Waals surface area contributed by atoms with Crippen molar-refractivity contribution in [1.29, 1.82) is 0 Å². The lowest BCUT2D eigenvalue weighted by molar-refractivity contribution is -0.133. The fraction of sp³-hybridized carbons (Fsp3) is 0.480. The minimum atomic E-state index is 0.00686. The Bertz CT molecular complexity index is 1040. The van der Waals surface area contributed by atoms with Gasteiger partial charge in [0, 0.05) is 26.1 Å². The molecule has 1 N–H and O–H groups in total. The number of carbonyl (C=O) groups is 2. The molecule has 0 saturated carbocycles. The molecule has 0 atom stereocenters. The molecule has 1 aliphatic heterocycles. The molecule has 7 heteroatoms. The van der Waals surface area contributed by atoms with Gasteiger partial charge in [0.1, 0.15) is 12.4 Å². The lowest BCUT2D eigenvalue weighted by Gasteiger charge is -2.30. The number of benzene rings is 1. The van der Waals surface area contributed by atoms with Crippen molar-refractivity contribution in [1.82, 2.24) is 19.8 Å². The summed E-state index contributed by atoms with van der Waals surface area (Å²) in [7, 11) is 0. The second-order valence-corrected chi connectivity index (χ2v) is 9.66. The van der Waals surface area contributed by atoms with Crippen LogP contribution < -0.4 is 5.32 Å². The van der Waals surface area contributed by atoms with Gasteiger partial charge >= 0.3 is 0 Å². The van der Waals surface area contributed by atoms with E-state index in [1.54, 1.807) is 0 Å². The summed E-state index contributed by atoms with van der Waals surface area (Å²) in [6, 6.07) is 11.8. The van der Waals surface area contributed by atoms with Crippen molar-refractivity contribution in [3.8, 4) is 0 Å². The highest BCUT2D eigenvalue weighted by atomic mass is 32.1. The number of carbonyl (C=O) groups excluding carboxylic acids is 2. The number of nitrogens with one attached hydrogen (secondary N) is 1.